The number of anilines is 4. The Kier molecular flexibility index (Phi) is 35.8. The number of halogens is 1. The fraction of sp³-hybridized carbons (Fsp3) is 0.325. The van der Waals surface area contributed by atoms with Crippen LogP contribution >= 0.6 is 33.2 Å². The van der Waals surface area contributed by atoms with Gasteiger partial charge in [-0.3, -0.25) is 58.3 Å². The van der Waals surface area contributed by atoms with Crippen LogP contribution in [0.1, 0.15) is 133 Å². The van der Waals surface area contributed by atoms with Crippen LogP contribution in [0, 0.1) is 17.2 Å². The van der Waals surface area contributed by atoms with Crippen LogP contribution in [0.2, 0.25) is 0 Å². The smallest absolute Gasteiger partial charge is 0.373 e. The standard InChI is InChI=1S/C73H79ClN14O11S2.4CO2/c1-40(29-53(90)9-4-7-13-60(91)44-17-14-43(15-18-44)16-20-52-38-80-66-65(82-52)70(97)87-73(77)86-66)68(95)85-57(12-8-25-79-72(75)76)61(92)30-41(2)67(94)78-26-28-101-100-27-24-63(93)81-50-21-19-45-31-48(32-46(45)33-50)69(96)83-51-22-23-56-47(34-51)35-58(84-56)71(98)88-39-49(37-74)64-55-11-6-5-10-54(55)62(36-59(64)88)99-42(3)89;4*2-1-3/h5-6,10-11,14-15,17-19,21-23,32-36,38,40-41,49,57,84H,4,7-9,12-13,16,20,24-31,37,39H2,1-3H3,(H,78,94)(H,81,93)(H,83,96)(H,85,95)(H4,75,76,79)(H3,77,80,86,87,97);;;;/t40-,41-,49?,57+;;;;/m1..../s1. The minimum Gasteiger partial charge on any atom is -0.426 e. The number of aryl methyl sites for hydroxylation is 2. The number of hydrogen-bond acceptors (Lipinski definition) is 26. The molecule has 33 nitrogen and oxygen atoms in total. The number of ketones is 3. The third kappa shape index (κ3) is 27.1. The van der Waals surface area contributed by atoms with Gasteiger partial charge in [-0.05, 0) is 109 Å². The van der Waals surface area contributed by atoms with Gasteiger partial charge in [0.25, 0.3) is 17.4 Å². The van der Waals surface area contributed by atoms with Crippen molar-refractivity contribution in [1.29, 1.82) is 5.41 Å². The summed E-state index contributed by atoms with van der Waals surface area (Å²) in [6.07, 6.45) is 7.77. The van der Waals surface area contributed by atoms with Crippen molar-refractivity contribution in [2.24, 2.45) is 17.6 Å². The maximum atomic E-state index is 14.2. The highest BCUT2D eigenvalue weighted by Gasteiger charge is 2.36. The summed E-state index contributed by atoms with van der Waals surface area (Å²) in [6, 6.07) is 28.2. The highest BCUT2D eigenvalue weighted by molar-refractivity contribution is 8.76. The summed E-state index contributed by atoms with van der Waals surface area (Å²) in [5.41, 5.74) is 18.9. The summed E-state index contributed by atoms with van der Waals surface area (Å²) in [5.74, 6) is -2.88. The molecular weight excluding hydrogens is 1520 g/mol. The van der Waals surface area contributed by atoms with Crippen molar-refractivity contribution in [3.63, 3.8) is 0 Å². The van der Waals surface area contributed by atoms with E-state index in [9.17, 15) is 47.9 Å². The molecule has 5 amide bonds. The average molecular weight is 1600 g/mol. The maximum Gasteiger partial charge on any atom is 0.373 e. The lowest BCUT2D eigenvalue weighted by Crippen LogP contribution is -2.45. The van der Waals surface area contributed by atoms with Gasteiger partial charge in [-0.15, -0.1) is 11.6 Å². The molecule has 113 heavy (non-hydrogen) atoms. The number of nitrogens with two attached hydrogens (primary N) is 2. The number of alkyl halides is 1. The predicted molar refractivity (Wildman–Crippen MR) is 414 cm³/mol. The Morgan fingerprint density at radius 1 is 0.735 bits per heavy atom. The van der Waals surface area contributed by atoms with Gasteiger partial charge in [-0.1, -0.05) is 90.0 Å². The SMILES string of the molecule is CC(=O)Oc1cc2c(c3ccccc13)C(CCl)CN2C(=O)c1cc2cc(NC(=O)C3=Cc4cc(NC(=O)CCSSCCNC(=O)[C@H](C)CC(=O)[C@H](CCCNC(=N)N)NC(=O)[C@H](C)CC(=O)CCCCC(=O)c5ccc(CCc6cnc7nc(N)[nH]c(=O)c7n6)cc5)ccc4C3)ccc2[nH]1.O=C=O.O=C=O.O=C=O.O=C=O. The van der Waals surface area contributed by atoms with Gasteiger partial charge in [0.05, 0.1) is 23.6 Å². The van der Waals surface area contributed by atoms with Crippen molar-refractivity contribution in [2.45, 2.75) is 110 Å². The zero-order valence-electron chi connectivity index (χ0n) is 61.3. The fourth-order valence-corrected chi connectivity index (χ4v) is 14.4. The minimum atomic E-state index is -0.954. The van der Waals surface area contributed by atoms with Crippen LogP contribution < -0.4 is 53.2 Å². The van der Waals surface area contributed by atoms with Gasteiger partial charge in [0, 0.05) is 145 Å². The first-order valence-electron chi connectivity index (χ1n) is 35.0. The first-order valence-corrected chi connectivity index (χ1v) is 38.0. The van der Waals surface area contributed by atoms with Crippen LogP contribution in [0.25, 0.3) is 38.9 Å². The van der Waals surface area contributed by atoms with E-state index in [1.54, 1.807) is 79.6 Å². The van der Waals surface area contributed by atoms with E-state index in [-0.39, 0.29) is 146 Å². The predicted octanol–water partition coefficient (Wildman–Crippen LogP) is 7.08. The van der Waals surface area contributed by atoms with Crippen LogP contribution in [0.5, 0.6) is 5.75 Å². The van der Waals surface area contributed by atoms with E-state index in [4.69, 9.17) is 71.6 Å². The lowest BCUT2D eigenvalue weighted by Gasteiger charge is -2.22. The molecule has 10 rings (SSSR count). The summed E-state index contributed by atoms with van der Waals surface area (Å²) in [4.78, 5) is 216. The number of fused-ring (bicyclic) bond motifs is 6. The summed E-state index contributed by atoms with van der Waals surface area (Å²) < 4.78 is 5.60. The molecule has 1 aliphatic heterocycles. The number of nitrogens with one attached hydrogen (secondary N) is 8. The molecule has 1 aliphatic carbocycles. The van der Waals surface area contributed by atoms with E-state index in [1.165, 1.54) is 28.5 Å². The van der Waals surface area contributed by atoms with Crippen molar-refractivity contribution in [3.8, 4) is 5.75 Å². The van der Waals surface area contributed by atoms with E-state index in [0.29, 0.717) is 119 Å². The minimum absolute atomic E-state index is 0.0371. The number of carbonyl (C=O) groups excluding carboxylic acids is 17. The number of unbranched alkanes of at least 4 members (excludes halogenated alkanes) is 1. The topological polar surface area (TPSA) is 526 Å². The number of aromatic amines is 2. The number of H-pyrrole nitrogens is 2. The van der Waals surface area contributed by atoms with Crippen LogP contribution in [-0.4, -0.2) is 151 Å². The third-order valence-electron chi connectivity index (χ3n) is 17.5. The monoisotopic (exact) mass is 1600 g/mol. The molecule has 0 spiro atoms. The van der Waals surface area contributed by atoms with Crippen LogP contribution in [-0.2, 0) is 91.2 Å². The second-order valence-corrected chi connectivity index (χ2v) is 28.6. The van der Waals surface area contributed by atoms with E-state index in [1.807, 2.05) is 48.5 Å². The Bertz CT molecular complexity index is 5020. The van der Waals surface area contributed by atoms with Crippen LogP contribution in [0.15, 0.2) is 114 Å². The second kappa shape index (κ2) is 45.4. The fourth-order valence-electron chi connectivity index (χ4n) is 12.3. The number of guanidine groups is 1. The highest BCUT2D eigenvalue weighted by Crippen LogP contribution is 2.46. The van der Waals surface area contributed by atoms with Gasteiger partial charge in [0.2, 0.25) is 23.7 Å². The zero-order valence-corrected chi connectivity index (χ0v) is 63.7. The molecule has 0 radical (unpaired) electrons. The highest BCUT2D eigenvalue weighted by atomic mass is 35.5. The number of carbonyl (C=O) groups is 9. The molecule has 590 valence electrons. The number of nitrogens with zero attached hydrogens (tertiary/aromatic N) is 4. The number of hydrogen-bond donors (Lipinski definition) is 10. The van der Waals surface area contributed by atoms with E-state index >= 15 is 0 Å². The van der Waals surface area contributed by atoms with Gasteiger partial charge in [-0.25, -0.2) is 9.97 Å². The normalized spacial score (nSPS) is 12.7. The molecule has 5 aromatic carbocycles. The molecule has 8 aromatic rings. The van der Waals surface area contributed by atoms with Crippen molar-refractivity contribution in [1.82, 2.24) is 40.9 Å². The summed E-state index contributed by atoms with van der Waals surface area (Å²) in [6.45, 7) is 5.49. The van der Waals surface area contributed by atoms with Gasteiger partial charge in [0.1, 0.15) is 17.2 Å². The van der Waals surface area contributed by atoms with Crippen molar-refractivity contribution >= 4 is 179 Å². The van der Waals surface area contributed by atoms with E-state index in [0.717, 1.165) is 33.0 Å². The molecule has 3 aromatic heterocycles. The molecule has 12 N–H and O–H groups in total. The number of benzene rings is 5. The van der Waals surface area contributed by atoms with Crippen LogP contribution in [0.3, 0.4) is 0 Å². The van der Waals surface area contributed by atoms with Crippen LogP contribution in [0.4, 0.5) is 23.0 Å². The Morgan fingerprint density at radius 2 is 1.40 bits per heavy atom. The Morgan fingerprint density at radius 3 is 2.09 bits per heavy atom. The summed E-state index contributed by atoms with van der Waals surface area (Å²) in [5, 5.41) is 24.1. The lowest BCUT2D eigenvalue weighted by atomic mass is 9.95. The Hall–Kier alpha value is -12.7. The molecule has 4 atom stereocenters. The number of Topliss-reactive ketones (excluding diaryl/α,β-unsaturated/α-hetero) is 3. The molecule has 1 unspecified atom stereocenters. The van der Waals surface area contributed by atoms with E-state index < -0.39 is 35.3 Å². The number of amides is 5. The quantitative estimate of drug-likeness (QED) is 0.00281. The molecule has 2 aliphatic rings. The lowest BCUT2D eigenvalue weighted by molar-refractivity contribution is -0.193. The second-order valence-electron chi connectivity index (χ2n) is 25.6. The molecule has 0 fully saturated rings. The third-order valence-corrected chi connectivity index (χ3v) is 20.3. The number of aromatic nitrogens is 5. The van der Waals surface area contributed by atoms with Crippen molar-refractivity contribution in [2.75, 3.05) is 58.3 Å². The van der Waals surface area contributed by atoms with Gasteiger partial charge >= 0.3 is 30.6 Å². The Balaban J connectivity index is 0.00000156. The van der Waals surface area contributed by atoms with Crippen molar-refractivity contribution in [3.05, 3.63) is 158 Å². The van der Waals surface area contributed by atoms with Crippen molar-refractivity contribution < 1.29 is 86.2 Å². The number of nitrogen functional groups attached to an aromatic ring is 1. The van der Waals surface area contributed by atoms with E-state index in [2.05, 4.69) is 51.5 Å². The zero-order chi connectivity index (χ0) is 82.7. The summed E-state index contributed by atoms with van der Waals surface area (Å²) in [7, 11) is 2.96. The molecular formula is C77H79ClN14O19S2. The molecule has 4 heterocycles. The number of ether oxygens (including phenoxy) is 1. The number of rotatable bonds is 34. The number of esters is 1. The van der Waals surface area contributed by atoms with Gasteiger partial charge in [-0.2, -0.15) is 43.3 Å². The molecule has 0 saturated heterocycles. The molecule has 0 bridgehead atoms. The Labute approximate surface area is 657 Å². The first kappa shape index (κ1) is 89.2. The van der Waals surface area contributed by atoms with Gasteiger partial charge in [0.15, 0.2) is 28.7 Å². The molecule has 36 heteroatoms. The summed E-state index contributed by atoms with van der Waals surface area (Å²) >= 11 is 6.49. The first-order chi connectivity index (χ1) is 54.2. The van der Waals surface area contributed by atoms with Gasteiger partial charge < -0.3 is 52.7 Å². The largest absolute Gasteiger partial charge is 0.426 e. The molecule has 0 saturated carbocycles. The maximum absolute atomic E-state index is 14.2. The average Bonchev–Trinajstić information content (AvgIpc) is 1.61.